The molecule has 0 bridgehead atoms. The fraction of sp³-hybridized carbons (Fsp3) is 0.214. The van der Waals surface area contributed by atoms with E-state index in [0.717, 1.165) is 25.5 Å². The predicted octanol–water partition coefficient (Wildman–Crippen LogP) is 4.25. The Balaban J connectivity index is 2.10. The van der Waals surface area contributed by atoms with Gasteiger partial charge in [-0.25, -0.2) is 0 Å². The van der Waals surface area contributed by atoms with E-state index >= 15 is 0 Å². The minimum absolute atomic E-state index is 0.152. The average Bonchev–Trinajstić information content (AvgIpc) is 2.71. The summed E-state index contributed by atoms with van der Waals surface area (Å²) in [7, 11) is 1.63. The van der Waals surface area contributed by atoms with Gasteiger partial charge in [0.15, 0.2) is 5.78 Å². The maximum Gasteiger partial charge on any atom is 0.177 e. The van der Waals surface area contributed by atoms with Gasteiger partial charge in [0.25, 0.3) is 0 Å². The van der Waals surface area contributed by atoms with Crippen LogP contribution in [0.2, 0.25) is 0 Å². The lowest BCUT2D eigenvalue weighted by Crippen LogP contribution is -2.01. The molecule has 1 aromatic carbocycles. The number of carbonyl (C=O) groups is 1. The normalized spacial score (nSPS) is 10.4. The summed E-state index contributed by atoms with van der Waals surface area (Å²) in [6.45, 7) is 1.99. The Hall–Kier alpha value is -1.13. The molecule has 0 fully saturated rings. The molecule has 0 unspecified atom stereocenters. The second kappa shape index (κ2) is 5.67. The van der Waals surface area contributed by atoms with Gasteiger partial charge in [-0.2, -0.15) is 0 Å². The first kappa shape index (κ1) is 13.3. The van der Waals surface area contributed by atoms with Crippen LogP contribution in [0.3, 0.4) is 0 Å². The monoisotopic (exact) mass is 324 g/mol. The molecule has 0 aliphatic rings. The van der Waals surface area contributed by atoms with E-state index < -0.39 is 0 Å². The maximum atomic E-state index is 12.1. The Bertz CT molecular complexity index is 538. The Morgan fingerprint density at radius 2 is 2.00 bits per heavy atom. The van der Waals surface area contributed by atoms with Gasteiger partial charge in [-0.1, -0.05) is 12.1 Å². The summed E-state index contributed by atoms with van der Waals surface area (Å²) in [5, 5.41) is 0. The molecule has 0 amide bonds. The lowest BCUT2D eigenvalue weighted by Gasteiger charge is -2.02. The van der Waals surface area contributed by atoms with Gasteiger partial charge in [0.2, 0.25) is 0 Å². The lowest BCUT2D eigenvalue weighted by atomic mass is 10.1. The molecule has 0 aliphatic carbocycles. The van der Waals surface area contributed by atoms with Crippen LogP contribution in [0, 0.1) is 6.92 Å². The highest BCUT2D eigenvalue weighted by molar-refractivity contribution is 9.11. The van der Waals surface area contributed by atoms with Crippen molar-refractivity contribution in [1.82, 2.24) is 0 Å². The highest BCUT2D eigenvalue weighted by Crippen LogP contribution is 2.28. The van der Waals surface area contributed by atoms with Crippen molar-refractivity contribution in [3.05, 3.63) is 50.1 Å². The smallest absolute Gasteiger partial charge is 0.177 e. The SMILES string of the molecule is COc1ccc(CC(=O)c2cc(C)c(Br)s2)cc1. The summed E-state index contributed by atoms with van der Waals surface area (Å²) in [5.74, 6) is 0.958. The first-order valence-electron chi connectivity index (χ1n) is 5.52. The third-order valence-corrected chi connectivity index (χ3v) is 4.83. The van der Waals surface area contributed by atoms with Gasteiger partial charge < -0.3 is 4.74 Å². The summed E-state index contributed by atoms with van der Waals surface area (Å²) >= 11 is 4.93. The Morgan fingerprint density at radius 1 is 1.33 bits per heavy atom. The number of halogens is 1. The summed E-state index contributed by atoms with van der Waals surface area (Å²) < 4.78 is 6.12. The van der Waals surface area contributed by atoms with Gasteiger partial charge in [-0.05, 0) is 52.2 Å². The van der Waals surface area contributed by atoms with Crippen molar-refractivity contribution in [3.8, 4) is 5.75 Å². The van der Waals surface area contributed by atoms with Crippen molar-refractivity contribution in [2.45, 2.75) is 13.3 Å². The first-order chi connectivity index (χ1) is 8.60. The van der Waals surface area contributed by atoms with E-state index in [9.17, 15) is 4.79 Å². The molecule has 0 saturated carbocycles. The van der Waals surface area contributed by atoms with E-state index in [0.29, 0.717) is 6.42 Å². The summed E-state index contributed by atoms with van der Waals surface area (Å²) in [4.78, 5) is 12.9. The van der Waals surface area contributed by atoms with Crippen LogP contribution in [-0.2, 0) is 6.42 Å². The average molecular weight is 325 g/mol. The zero-order chi connectivity index (χ0) is 13.1. The van der Waals surface area contributed by atoms with E-state index in [-0.39, 0.29) is 5.78 Å². The van der Waals surface area contributed by atoms with Crippen LogP contribution < -0.4 is 4.74 Å². The van der Waals surface area contributed by atoms with E-state index in [4.69, 9.17) is 4.74 Å². The summed E-state index contributed by atoms with van der Waals surface area (Å²) in [6, 6.07) is 9.52. The fourth-order valence-electron chi connectivity index (χ4n) is 1.61. The van der Waals surface area contributed by atoms with E-state index in [1.165, 1.54) is 11.3 Å². The van der Waals surface area contributed by atoms with Crippen molar-refractivity contribution < 1.29 is 9.53 Å². The topological polar surface area (TPSA) is 26.3 Å². The van der Waals surface area contributed by atoms with Crippen molar-refractivity contribution in [3.63, 3.8) is 0 Å². The fourth-order valence-corrected chi connectivity index (χ4v) is 3.09. The number of benzene rings is 1. The van der Waals surface area contributed by atoms with E-state index in [2.05, 4.69) is 15.9 Å². The molecule has 1 aromatic heterocycles. The number of methoxy groups -OCH3 is 1. The molecule has 4 heteroatoms. The Labute approximate surface area is 119 Å². The van der Waals surface area contributed by atoms with Crippen LogP contribution in [0.15, 0.2) is 34.1 Å². The van der Waals surface area contributed by atoms with Crippen LogP contribution in [0.25, 0.3) is 0 Å². The molecule has 2 aromatic rings. The van der Waals surface area contributed by atoms with Gasteiger partial charge >= 0.3 is 0 Å². The molecule has 0 atom stereocenters. The van der Waals surface area contributed by atoms with Crippen LogP contribution in [0.1, 0.15) is 20.8 Å². The predicted molar refractivity (Wildman–Crippen MR) is 77.8 cm³/mol. The molecule has 1 heterocycles. The molecular formula is C14H13BrO2S. The van der Waals surface area contributed by atoms with Gasteiger partial charge in [0, 0.05) is 6.42 Å². The minimum atomic E-state index is 0.152. The molecule has 0 aliphatic heterocycles. The number of rotatable bonds is 4. The molecule has 0 radical (unpaired) electrons. The Morgan fingerprint density at radius 3 is 2.50 bits per heavy atom. The third kappa shape index (κ3) is 3.00. The molecule has 0 saturated heterocycles. The number of carbonyl (C=O) groups excluding carboxylic acids is 1. The number of Topliss-reactive ketones (excluding diaryl/α,β-unsaturated/α-hetero) is 1. The molecule has 2 nitrogen and oxygen atoms in total. The van der Waals surface area contributed by atoms with E-state index in [1.807, 2.05) is 37.3 Å². The van der Waals surface area contributed by atoms with Crippen molar-refractivity contribution in [2.75, 3.05) is 7.11 Å². The summed E-state index contributed by atoms with van der Waals surface area (Å²) in [5.41, 5.74) is 2.11. The van der Waals surface area contributed by atoms with Crippen molar-refractivity contribution >= 4 is 33.0 Å². The van der Waals surface area contributed by atoms with Crippen LogP contribution in [-0.4, -0.2) is 12.9 Å². The highest BCUT2D eigenvalue weighted by atomic mass is 79.9. The number of hydrogen-bond acceptors (Lipinski definition) is 3. The second-order valence-electron chi connectivity index (χ2n) is 4.02. The van der Waals surface area contributed by atoms with Gasteiger partial charge in [0.1, 0.15) is 5.75 Å². The largest absolute Gasteiger partial charge is 0.497 e. The number of aryl methyl sites for hydroxylation is 1. The molecule has 18 heavy (non-hydrogen) atoms. The molecule has 2 rings (SSSR count). The maximum absolute atomic E-state index is 12.1. The van der Waals surface area contributed by atoms with Crippen molar-refractivity contribution in [2.24, 2.45) is 0 Å². The van der Waals surface area contributed by atoms with Gasteiger partial charge in [0.05, 0.1) is 15.8 Å². The number of hydrogen-bond donors (Lipinski definition) is 0. The van der Waals surface area contributed by atoms with Gasteiger partial charge in [-0.15, -0.1) is 11.3 Å². The third-order valence-electron chi connectivity index (χ3n) is 2.66. The second-order valence-corrected chi connectivity index (χ2v) is 6.39. The molecule has 94 valence electrons. The molecule has 0 spiro atoms. The zero-order valence-corrected chi connectivity index (χ0v) is 12.6. The number of ketones is 1. The summed E-state index contributed by atoms with van der Waals surface area (Å²) in [6.07, 6.45) is 0.427. The molecular weight excluding hydrogens is 312 g/mol. The first-order valence-corrected chi connectivity index (χ1v) is 7.13. The highest BCUT2D eigenvalue weighted by Gasteiger charge is 2.11. The van der Waals surface area contributed by atoms with Gasteiger partial charge in [-0.3, -0.25) is 4.79 Å². The zero-order valence-electron chi connectivity index (χ0n) is 10.2. The Kier molecular flexibility index (Phi) is 4.19. The lowest BCUT2D eigenvalue weighted by molar-refractivity contribution is 0.0997. The van der Waals surface area contributed by atoms with Crippen molar-refractivity contribution in [1.29, 1.82) is 0 Å². The number of thiophene rings is 1. The molecule has 0 N–H and O–H groups in total. The standard InChI is InChI=1S/C14H13BrO2S/c1-9-7-13(18-14(9)15)12(16)8-10-3-5-11(17-2)6-4-10/h3-7H,8H2,1-2H3. The number of ether oxygens (including phenoxy) is 1. The van der Waals surface area contributed by atoms with Crippen LogP contribution >= 0.6 is 27.3 Å². The van der Waals surface area contributed by atoms with Crippen LogP contribution in [0.4, 0.5) is 0 Å². The van der Waals surface area contributed by atoms with Crippen LogP contribution in [0.5, 0.6) is 5.75 Å². The van der Waals surface area contributed by atoms with E-state index in [1.54, 1.807) is 7.11 Å². The quantitative estimate of drug-likeness (QED) is 0.786. The minimum Gasteiger partial charge on any atom is -0.497 e.